The summed E-state index contributed by atoms with van der Waals surface area (Å²) >= 11 is 0. The van der Waals surface area contributed by atoms with Crippen LogP contribution in [0.4, 0.5) is 0 Å². The number of phenolic OH excluding ortho intramolecular Hbond substituents is 2. The molecule has 24 heavy (non-hydrogen) atoms. The van der Waals surface area contributed by atoms with Crippen molar-refractivity contribution in [2.24, 2.45) is 0 Å². The summed E-state index contributed by atoms with van der Waals surface area (Å²) in [5.41, 5.74) is 0. The Bertz CT molecular complexity index is 731. The van der Waals surface area contributed by atoms with Crippen LogP contribution in [0.2, 0.25) is 0 Å². The average molecular weight is 338 g/mol. The third-order valence-corrected chi connectivity index (χ3v) is 4.05. The van der Waals surface area contributed by atoms with Crippen molar-refractivity contribution in [3.8, 4) is 17.2 Å². The van der Waals surface area contributed by atoms with Gasteiger partial charge in [-0.2, -0.15) is 0 Å². The molecule has 0 aromatic heterocycles. The molecule has 1 fully saturated rings. The molecule has 1 saturated heterocycles. The van der Waals surface area contributed by atoms with Crippen LogP contribution >= 0.6 is 0 Å². The van der Waals surface area contributed by atoms with E-state index in [9.17, 15) is 30.6 Å². The maximum Gasteiger partial charge on any atom is 0.229 e. The predicted molar refractivity (Wildman–Crippen MR) is 81.7 cm³/mol. The van der Waals surface area contributed by atoms with Crippen molar-refractivity contribution in [2.75, 3.05) is 6.61 Å². The van der Waals surface area contributed by atoms with Crippen molar-refractivity contribution in [1.29, 1.82) is 0 Å². The van der Waals surface area contributed by atoms with Crippen LogP contribution in [0.3, 0.4) is 0 Å². The molecule has 2 aromatic rings. The normalized spacial score (nSPS) is 30.4. The van der Waals surface area contributed by atoms with Crippen molar-refractivity contribution in [1.82, 2.24) is 0 Å². The number of hydrogen-bond acceptors (Lipinski definition) is 8. The second-order valence-corrected chi connectivity index (χ2v) is 5.60. The quantitative estimate of drug-likeness (QED) is 0.437. The van der Waals surface area contributed by atoms with E-state index in [2.05, 4.69) is 0 Å². The van der Waals surface area contributed by atoms with Crippen LogP contribution in [0.1, 0.15) is 0 Å². The van der Waals surface area contributed by atoms with Crippen molar-refractivity contribution in [2.45, 2.75) is 30.7 Å². The fourth-order valence-corrected chi connectivity index (χ4v) is 2.73. The molecular formula is C16H18O8. The maximum atomic E-state index is 10.0. The molecule has 0 spiro atoms. The second-order valence-electron chi connectivity index (χ2n) is 5.60. The van der Waals surface area contributed by atoms with Crippen molar-refractivity contribution >= 4 is 10.8 Å². The van der Waals surface area contributed by atoms with Crippen molar-refractivity contribution < 1.29 is 40.1 Å². The number of hydrogen-bond donors (Lipinski definition) is 6. The molecule has 0 saturated carbocycles. The van der Waals surface area contributed by atoms with Gasteiger partial charge in [-0.25, -0.2) is 0 Å². The number of aliphatic hydroxyl groups excluding tert-OH is 4. The lowest BCUT2D eigenvalue weighted by Gasteiger charge is -2.39. The maximum absolute atomic E-state index is 10.0. The van der Waals surface area contributed by atoms with E-state index in [0.717, 1.165) is 0 Å². The SMILES string of the molecule is OC[C@H]1O[C@@H](Oc2ccc(O)c3cccc(O)c23)[C@H](O)[C@@H](O)[C@H]1O. The average Bonchev–Trinajstić information content (AvgIpc) is 2.58. The lowest BCUT2D eigenvalue weighted by molar-refractivity contribution is -0.277. The molecule has 2 aromatic carbocycles. The predicted octanol–water partition coefficient (Wildman–Crippen LogP) is -0.570. The summed E-state index contributed by atoms with van der Waals surface area (Å²) in [6.07, 6.45) is -7.12. The lowest BCUT2D eigenvalue weighted by Crippen LogP contribution is -2.60. The first-order chi connectivity index (χ1) is 11.4. The number of benzene rings is 2. The smallest absolute Gasteiger partial charge is 0.229 e. The largest absolute Gasteiger partial charge is 0.507 e. The standard InChI is InChI=1S/C16H18O8/c17-6-11-13(20)14(21)15(22)16(24-11)23-10-5-4-8(18)7-2-1-3-9(19)12(7)10/h1-5,11,13-22H,6H2/t11-,13+,14+,15-,16-/m1/s1. The van der Waals surface area contributed by atoms with Crippen LogP contribution in [-0.2, 0) is 4.74 Å². The Balaban J connectivity index is 1.96. The number of fused-ring (bicyclic) bond motifs is 1. The molecule has 1 aliphatic rings. The zero-order chi connectivity index (χ0) is 17.4. The van der Waals surface area contributed by atoms with Crippen molar-refractivity contribution in [3.63, 3.8) is 0 Å². The van der Waals surface area contributed by atoms with E-state index in [1.807, 2.05) is 0 Å². The van der Waals surface area contributed by atoms with E-state index >= 15 is 0 Å². The number of phenols is 2. The van der Waals surface area contributed by atoms with Gasteiger partial charge in [0.1, 0.15) is 41.7 Å². The third-order valence-electron chi connectivity index (χ3n) is 4.05. The summed E-state index contributed by atoms with van der Waals surface area (Å²) in [7, 11) is 0. The number of rotatable bonds is 3. The molecule has 0 amide bonds. The molecule has 3 rings (SSSR count). The van der Waals surface area contributed by atoms with E-state index in [4.69, 9.17) is 9.47 Å². The zero-order valence-corrected chi connectivity index (χ0v) is 12.5. The molecular weight excluding hydrogens is 320 g/mol. The van der Waals surface area contributed by atoms with Crippen LogP contribution in [0.5, 0.6) is 17.2 Å². The monoisotopic (exact) mass is 338 g/mol. The Labute approximate surface area is 136 Å². The molecule has 130 valence electrons. The topological polar surface area (TPSA) is 140 Å². The Kier molecular flexibility index (Phi) is 4.48. The first kappa shape index (κ1) is 16.7. The van der Waals surface area contributed by atoms with E-state index in [1.54, 1.807) is 12.1 Å². The molecule has 0 aliphatic carbocycles. The molecule has 0 unspecified atom stereocenters. The fraction of sp³-hybridized carbons (Fsp3) is 0.375. The minimum Gasteiger partial charge on any atom is -0.507 e. The van der Waals surface area contributed by atoms with E-state index in [1.165, 1.54) is 18.2 Å². The van der Waals surface area contributed by atoms with Gasteiger partial charge in [-0.15, -0.1) is 0 Å². The summed E-state index contributed by atoms with van der Waals surface area (Å²) in [6.45, 7) is -0.577. The van der Waals surface area contributed by atoms with E-state index < -0.39 is 37.3 Å². The molecule has 8 nitrogen and oxygen atoms in total. The highest BCUT2D eigenvalue weighted by Crippen LogP contribution is 2.39. The van der Waals surface area contributed by atoms with Crippen LogP contribution in [0.15, 0.2) is 30.3 Å². The van der Waals surface area contributed by atoms with Gasteiger partial charge in [0.05, 0.1) is 12.0 Å². The zero-order valence-electron chi connectivity index (χ0n) is 12.5. The van der Waals surface area contributed by atoms with Gasteiger partial charge in [-0.05, 0) is 18.2 Å². The van der Waals surface area contributed by atoms with Crippen LogP contribution < -0.4 is 4.74 Å². The first-order valence-corrected chi connectivity index (χ1v) is 7.35. The minimum absolute atomic E-state index is 0.0675. The fourth-order valence-electron chi connectivity index (χ4n) is 2.73. The Hall–Kier alpha value is -2.10. The summed E-state index contributed by atoms with van der Waals surface area (Å²) < 4.78 is 10.8. The van der Waals surface area contributed by atoms with Gasteiger partial charge in [0.2, 0.25) is 6.29 Å². The third kappa shape index (κ3) is 2.74. The van der Waals surface area contributed by atoms with Crippen LogP contribution in [0.25, 0.3) is 10.8 Å². The molecule has 0 bridgehead atoms. The van der Waals surface area contributed by atoms with Gasteiger partial charge < -0.3 is 40.1 Å². The van der Waals surface area contributed by atoms with E-state index in [-0.39, 0.29) is 22.6 Å². The summed E-state index contributed by atoms with van der Waals surface area (Å²) in [4.78, 5) is 0. The van der Waals surface area contributed by atoms with Crippen LogP contribution in [-0.4, -0.2) is 68.0 Å². The van der Waals surface area contributed by atoms with Gasteiger partial charge in [0.15, 0.2) is 0 Å². The van der Waals surface area contributed by atoms with Crippen molar-refractivity contribution in [3.05, 3.63) is 30.3 Å². The van der Waals surface area contributed by atoms with Crippen LogP contribution in [0, 0.1) is 0 Å². The highest BCUT2D eigenvalue weighted by Gasteiger charge is 2.44. The lowest BCUT2D eigenvalue weighted by atomic mass is 9.99. The molecule has 0 radical (unpaired) electrons. The molecule has 1 heterocycles. The minimum atomic E-state index is -1.57. The molecule has 8 heteroatoms. The number of ether oxygens (including phenoxy) is 2. The van der Waals surface area contributed by atoms with Gasteiger partial charge >= 0.3 is 0 Å². The highest BCUT2D eigenvalue weighted by molar-refractivity contribution is 5.97. The second kappa shape index (κ2) is 6.42. The summed E-state index contributed by atoms with van der Waals surface area (Å²) in [6, 6.07) is 7.25. The Morgan fingerprint density at radius 1 is 0.917 bits per heavy atom. The molecule has 6 N–H and O–H groups in total. The molecule has 5 atom stereocenters. The van der Waals surface area contributed by atoms with Gasteiger partial charge in [0.25, 0.3) is 0 Å². The summed E-state index contributed by atoms with van der Waals surface area (Å²) in [5.74, 6) is -0.115. The Morgan fingerprint density at radius 2 is 1.67 bits per heavy atom. The van der Waals surface area contributed by atoms with Gasteiger partial charge in [-0.1, -0.05) is 12.1 Å². The Morgan fingerprint density at radius 3 is 2.38 bits per heavy atom. The van der Waals surface area contributed by atoms with E-state index in [0.29, 0.717) is 5.39 Å². The number of aromatic hydroxyl groups is 2. The number of aliphatic hydroxyl groups is 4. The van der Waals surface area contributed by atoms with Gasteiger partial charge in [0, 0.05) is 5.39 Å². The first-order valence-electron chi connectivity index (χ1n) is 7.35. The molecule has 1 aliphatic heterocycles. The summed E-state index contributed by atoms with van der Waals surface area (Å²) in [5, 5.41) is 59.2. The van der Waals surface area contributed by atoms with Gasteiger partial charge in [-0.3, -0.25) is 0 Å². The highest BCUT2D eigenvalue weighted by atomic mass is 16.7.